The minimum absolute atomic E-state index is 0.0163. The molecule has 0 aliphatic heterocycles. The van der Waals surface area contributed by atoms with Gasteiger partial charge in [0.05, 0.1) is 11.3 Å². The van der Waals surface area contributed by atoms with Crippen molar-refractivity contribution in [3.8, 4) is 5.75 Å². The number of carbonyl (C=O) groups excluding carboxylic acids is 2. The molecule has 24 heavy (non-hydrogen) atoms. The third-order valence-electron chi connectivity index (χ3n) is 2.87. The van der Waals surface area contributed by atoms with Gasteiger partial charge in [0, 0.05) is 5.56 Å². The zero-order chi connectivity index (χ0) is 17.7. The third-order valence-corrected chi connectivity index (χ3v) is 3.78. The van der Waals surface area contributed by atoms with E-state index < -0.39 is 30.0 Å². The Labute approximate surface area is 138 Å². The van der Waals surface area contributed by atoms with E-state index in [9.17, 15) is 22.8 Å². The average molecular weight is 356 g/mol. The van der Waals surface area contributed by atoms with E-state index in [2.05, 4.69) is 5.10 Å². The molecule has 0 unspecified atom stereocenters. The van der Waals surface area contributed by atoms with Gasteiger partial charge in [-0.15, -0.1) is 11.3 Å². The first-order valence-electron chi connectivity index (χ1n) is 6.57. The fourth-order valence-electron chi connectivity index (χ4n) is 1.68. The number of benzene rings is 1. The molecule has 0 saturated heterocycles. The van der Waals surface area contributed by atoms with E-state index in [-0.39, 0.29) is 16.2 Å². The lowest BCUT2D eigenvalue weighted by molar-refractivity contribution is -0.0605. The summed E-state index contributed by atoms with van der Waals surface area (Å²) >= 11 is 1.02. The van der Waals surface area contributed by atoms with E-state index >= 15 is 0 Å². The Morgan fingerprint density at radius 1 is 1.17 bits per heavy atom. The van der Waals surface area contributed by atoms with Gasteiger partial charge in [-0.25, -0.2) is 5.43 Å². The summed E-state index contributed by atoms with van der Waals surface area (Å²) in [5.41, 5.74) is 0.395. The molecule has 0 aliphatic carbocycles. The van der Waals surface area contributed by atoms with Crippen LogP contribution >= 0.6 is 11.3 Å². The second-order valence-corrected chi connectivity index (χ2v) is 5.57. The van der Waals surface area contributed by atoms with Gasteiger partial charge in [0.2, 0.25) is 0 Å². The Balaban J connectivity index is 2.12. The summed E-state index contributed by atoms with van der Waals surface area (Å²) in [5, 5.41) is 13.7. The number of phenolic OH excluding ortho intramolecular Hbond substituents is 1. The number of rotatable bonds is 5. The van der Waals surface area contributed by atoms with Gasteiger partial charge in [-0.1, -0.05) is 6.07 Å². The molecule has 0 atom stereocenters. The molecule has 0 spiro atoms. The topological polar surface area (TPSA) is 78.8 Å². The van der Waals surface area contributed by atoms with Crippen LogP contribution < -0.4 is 5.43 Å². The normalized spacial score (nSPS) is 12.0. The predicted molar refractivity (Wildman–Crippen MR) is 82.3 cm³/mol. The van der Waals surface area contributed by atoms with Crippen molar-refractivity contribution in [1.82, 2.24) is 5.43 Å². The highest BCUT2D eigenvalue weighted by atomic mass is 32.1. The van der Waals surface area contributed by atoms with Crippen LogP contribution in [0.4, 0.5) is 13.2 Å². The summed E-state index contributed by atoms with van der Waals surface area (Å²) in [6.07, 6.45) is -5.82. The van der Waals surface area contributed by atoms with Gasteiger partial charge in [-0.2, -0.15) is 18.3 Å². The highest BCUT2D eigenvalue weighted by Crippen LogP contribution is 2.22. The van der Waals surface area contributed by atoms with Crippen molar-refractivity contribution < 1.29 is 27.9 Å². The Bertz CT molecular complexity index is 753. The van der Waals surface area contributed by atoms with Gasteiger partial charge in [0.15, 0.2) is 5.78 Å². The average Bonchev–Trinajstić information content (AvgIpc) is 3.05. The molecule has 2 aromatic rings. The van der Waals surface area contributed by atoms with Crippen molar-refractivity contribution in [2.75, 3.05) is 0 Å². The van der Waals surface area contributed by atoms with Crippen molar-refractivity contribution in [3.05, 3.63) is 52.2 Å². The maximum Gasteiger partial charge on any atom is 0.431 e. The van der Waals surface area contributed by atoms with Crippen LogP contribution in [0.5, 0.6) is 5.75 Å². The largest absolute Gasteiger partial charge is 0.508 e. The Morgan fingerprint density at radius 3 is 2.38 bits per heavy atom. The standard InChI is InChI=1S/C15H11F3N2O3S/c16-15(17,18)13(8-11(22)12-2-1-7-24-12)19-20-14(23)9-3-5-10(21)6-4-9/h1-7,21H,8H2,(H,20,23)/b19-13-. The first kappa shape index (κ1) is 17.7. The number of nitrogens with one attached hydrogen (secondary N) is 1. The summed E-state index contributed by atoms with van der Waals surface area (Å²) in [4.78, 5) is 23.7. The van der Waals surface area contributed by atoms with Crippen LogP contribution in [0.1, 0.15) is 26.5 Å². The second kappa shape index (κ2) is 7.26. The van der Waals surface area contributed by atoms with Gasteiger partial charge in [-0.3, -0.25) is 9.59 Å². The lowest BCUT2D eigenvalue weighted by Crippen LogP contribution is -2.30. The molecule has 0 aliphatic rings. The zero-order valence-corrected chi connectivity index (χ0v) is 12.8. The molecule has 0 radical (unpaired) electrons. The van der Waals surface area contributed by atoms with Crippen LogP contribution in [-0.4, -0.2) is 28.7 Å². The molecule has 2 rings (SSSR count). The van der Waals surface area contributed by atoms with Crippen molar-refractivity contribution in [3.63, 3.8) is 0 Å². The van der Waals surface area contributed by atoms with Crippen LogP contribution in [0.3, 0.4) is 0 Å². The number of aromatic hydroxyl groups is 1. The molecule has 1 amide bonds. The summed E-state index contributed by atoms with van der Waals surface area (Å²) < 4.78 is 38.9. The number of hydrazone groups is 1. The maximum absolute atomic E-state index is 13.0. The molecule has 126 valence electrons. The summed E-state index contributed by atoms with van der Waals surface area (Å²) in [6.45, 7) is 0. The Morgan fingerprint density at radius 2 is 1.83 bits per heavy atom. The number of Topliss-reactive ketones (excluding diaryl/α,β-unsaturated/α-hetero) is 1. The molecule has 2 N–H and O–H groups in total. The van der Waals surface area contributed by atoms with Crippen LogP contribution in [0.25, 0.3) is 0 Å². The number of thiophene rings is 1. The summed E-state index contributed by atoms with van der Waals surface area (Å²) in [5.74, 6) is -1.71. The summed E-state index contributed by atoms with van der Waals surface area (Å²) in [7, 11) is 0. The number of phenols is 1. The van der Waals surface area contributed by atoms with Crippen molar-refractivity contribution >= 4 is 28.7 Å². The number of alkyl halides is 3. The highest BCUT2D eigenvalue weighted by Gasteiger charge is 2.37. The van der Waals surface area contributed by atoms with Crippen molar-refractivity contribution in [2.24, 2.45) is 5.10 Å². The molecule has 1 aromatic heterocycles. The summed E-state index contributed by atoms with van der Waals surface area (Å²) in [6, 6.07) is 7.84. The maximum atomic E-state index is 13.0. The molecule has 1 heterocycles. The number of amides is 1. The number of ketones is 1. The third kappa shape index (κ3) is 4.66. The van der Waals surface area contributed by atoms with Gasteiger partial charge in [0.25, 0.3) is 5.91 Å². The predicted octanol–water partition coefficient (Wildman–Crippen LogP) is 3.37. The van der Waals surface area contributed by atoms with Gasteiger partial charge < -0.3 is 5.11 Å². The van der Waals surface area contributed by atoms with Crippen LogP contribution in [0, 0.1) is 0 Å². The van der Waals surface area contributed by atoms with Crippen LogP contribution in [0.2, 0.25) is 0 Å². The second-order valence-electron chi connectivity index (χ2n) is 4.62. The van der Waals surface area contributed by atoms with E-state index in [1.54, 1.807) is 16.9 Å². The molecule has 9 heteroatoms. The highest BCUT2D eigenvalue weighted by molar-refractivity contribution is 7.12. The molecular formula is C15H11F3N2O3S. The first-order chi connectivity index (χ1) is 11.3. The Hall–Kier alpha value is -2.68. The number of halogens is 3. The monoisotopic (exact) mass is 356 g/mol. The SMILES string of the molecule is O=C(N/N=C(/CC(=O)c1cccs1)C(F)(F)F)c1ccc(O)cc1. The van der Waals surface area contributed by atoms with Gasteiger partial charge >= 0.3 is 6.18 Å². The van der Waals surface area contributed by atoms with Crippen LogP contribution in [-0.2, 0) is 0 Å². The molecule has 1 aromatic carbocycles. The Kier molecular flexibility index (Phi) is 5.35. The van der Waals surface area contributed by atoms with E-state index in [0.29, 0.717) is 0 Å². The smallest absolute Gasteiger partial charge is 0.431 e. The van der Waals surface area contributed by atoms with Crippen LogP contribution in [0.15, 0.2) is 46.9 Å². The van der Waals surface area contributed by atoms with E-state index in [4.69, 9.17) is 5.11 Å². The minimum atomic E-state index is -4.85. The molecule has 0 fully saturated rings. The van der Waals surface area contributed by atoms with Gasteiger partial charge in [-0.05, 0) is 35.7 Å². The minimum Gasteiger partial charge on any atom is -0.508 e. The fourth-order valence-corrected chi connectivity index (χ4v) is 2.34. The lowest BCUT2D eigenvalue weighted by Gasteiger charge is -2.10. The quantitative estimate of drug-likeness (QED) is 0.490. The number of hydrogen-bond acceptors (Lipinski definition) is 5. The van der Waals surface area contributed by atoms with E-state index in [1.165, 1.54) is 30.3 Å². The van der Waals surface area contributed by atoms with E-state index in [1.807, 2.05) is 0 Å². The molecule has 5 nitrogen and oxygen atoms in total. The first-order valence-corrected chi connectivity index (χ1v) is 7.45. The molecule has 0 bridgehead atoms. The number of nitrogens with zero attached hydrogens (tertiary/aromatic N) is 1. The molecular weight excluding hydrogens is 345 g/mol. The number of hydrogen-bond donors (Lipinski definition) is 2. The van der Waals surface area contributed by atoms with Gasteiger partial charge in [0.1, 0.15) is 11.5 Å². The van der Waals surface area contributed by atoms with E-state index in [0.717, 1.165) is 11.3 Å². The lowest BCUT2D eigenvalue weighted by atomic mass is 10.1. The zero-order valence-electron chi connectivity index (χ0n) is 12.0. The fraction of sp³-hybridized carbons (Fsp3) is 0.133. The number of carbonyl (C=O) groups is 2. The van der Waals surface area contributed by atoms with Crippen molar-refractivity contribution in [1.29, 1.82) is 0 Å². The molecule has 0 saturated carbocycles. The van der Waals surface area contributed by atoms with Crippen molar-refractivity contribution in [2.45, 2.75) is 12.6 Å².